The van der Waals surface area contributed by atoms with Crippen molar-refractivity contribution in [3.63, 3.8) is 0 Å². The highest BCUT2D eigenvalue weighted by atomic mass is 19.4. The van der Waals surface area contributed by atoms with Crippen molar-refractivity contribution in [3.05, 3.63) is 23.8 Å². The zero-order valence-electron chi connectivity index (χ0n) is 9.54. The van der Waals surface area contributed by atoms with Gasteiger partial charge in [-0.1, -0.05) is 0 Å². The fourth-order valence-electron chi connectivity index (χ4n) is 1.20. The van der Waals surface area contributed by atoms with Crippen LogP contribution in [-0.2, 0) is 11.3 Å². The standard InChI is InChI=1S/C11H14F3NO2/c1-7(11(12,13)14)17-6-8-3-9(15)5-10(4-8)16-2/h3-5,7H,6,15H2,1-2H3. The maximum absolute atomic E-state index is 12.2. The Balaban J connectivity index is 2.66. The summed E-state index contributed by atoms with van der Waals surface area (Å²) in [5, 5.41) is 0. The number of nitrogens with two attached hydrogens (primary N) is 1. The van der Waals surface area contributed by atoms with E-state index in [4.69, 9.17) is 15.2 Å². The molecule has 3 nitrogen and oxygen atoms in total. The first kappa shape index (κ1) is 13.6. The number of hydrogen-bond donors (Lipinski definition) is 1. The molecule has 1 aromatic rings. The summed E-state index contributed by atoms with van der Waals surface area (Å²) in [6.45, 7) is 0.797. The fraction of sp³-hybridized carbons (Fsp3) is 0.455. The van der Waals surface area contributed by atoms with Crippen LogP contribution < -0.4 is 10.5 Å². The topological polar surface area (TPSA) is 44.5 Å². The minimum atomic E-state index is -4.36. The summed E-state index contributed by atoms with van der Waals surface area (Å²) < 4.78 is 46.3. The molecule has 1 aromatic carbocycles. The molecule has 0 aromatic heterocycles. The predicted molar refractivity (Wildman–Crippen MR) is 57.7 cm³/mol. The molecule has 0 fully saturated rings. The Morgan fingerprint density at radius 2 is 1.94 bits per heavy atom. The van der Waals surface area contributed by atoms with E-state index in [1.165, 1.54) is 7.11 Å². The monoisotopic (exact) mass is 249 g/mol. The maximum Gasteiger partial charge on any atom is 0.414 e. The number of hydrogen-bond acceptors (Lipinski definition) is 3. The van der Waals surface area contributed by atoms with Crippen LogP contribution in [0.2, 0.25) is 0 Å². The van der Waals surface area contributed by atoms with Gasteiger partial charge in [0.2, 0.25) is 0 Å². The molecular weight excluding hydrogens is 235 g/mol. The summed E-state index contributed by atoms with van der Waals surface area (Å²) in [6.07, 6.45) is -6.17. The molecule has 1 rings (SSSR count). The molecule has 1 unspecified atom stereocenters. The van der Waals surface area contributed by atoms with Crippen LogP contribution in [0.1, 0.15) is 12.5 Å². The van der Waals surface area contributed by atoms with Crippen LogP contribution in [0.25, 0.3) is 0 Å². The minimum absolute atomic E-state index is 0.165. The van der Waals surface area contributed by atoms with Crippen molar-refractivity contribution >= 4 is 5.69 Å². The second-order valence-corrected chi connectivity index (χ2v) is 3.61. The third-order valence-electron chi connectivity index (χ3n) is 2.19. The summed E-state index contributed by atoms with van der Waals surface area (Å²) in [5.74, 6) is 0.489. The lowest BCUT2D eigenvalue weighted by atomic mass is 10.2. The maximum atomic E-state index is 12.2. The van der Waals surface area contributed by atoms with Crippen molar-refractivity contribution in [2.24, 2.45) is 0 Å². The lowest BCUT2D eigenvalue weighted by Crippen LogP contribution is -2.28. The van der Waals surface area contributed by atoms with Crippen LogP contribution in [-0.4, -0.2) is 19.4 Å². The highest BCUT2D eigenvalue weighted by molar-refractivity contribution is 5.47. The molecule has 0 amide bonds. The van der Waals surface area contributed by atoms with E-state index in [0.29, 0.717) is 17.0 Å². The largest absolute Gasteiger partial charge is 0.497 e. The number of nitrogen functional groups attached to an aromatic ring is 1. The van der Waals surface area contributed by atoms with E-state index >= 15 is 0 Å². The van der Waals surface area contributed by atoms with Crippen LogP contribution in [0.4, 0.5) is 18.9 Å². The first-order valence-corrected chi connectivity index (χ1v) is 4.94. The number of rotatable bonds is 4. The van der Waals surface area contributed by atoms with Gasteiger partial charge in [-0.05, 0) is 24.6 Å². The lowest BCUT2D eigenvalue weighted by Gasteiger charge is -2.16. The lowest BCUT2D eigenvalue weighted by molar-refractivity contribution is -0.217. The smallest absolute Gasteiger partial charge is 0.414 e. The first-order chi connectivity index (χ1) is 7.82. The van der Waals surface area contributed by atoms with Crippen LogP contribution in [0.3, 0.4) is 0 Å². The van der Waals surface area contributed by atoms with Gasteiger partial charge in [-0.3, -0.25) is 0 Å². The highest BCUT2D eigenvalue weighted by Crippen LogP contribution is 2.24. The second-order valence-electron chi connectivity index (χ2n) is 3.61. The molecule has 0 saturated carbocycles. The molecule has 0 radical (unpaired) electrons. The van der Waals surface area contributed by atoms with Crippen molar-refractivity contribution < 1.29 is 22.6 Å². The summed E-state index contributed by atoms with van der Waals surface area (Å²) in [4.78, 5) is 0. The molecule has 0 spiro atoms. The summed E-state index contributed by atoms with van der Waals surface area (Å²) in [5.41, 5.74) is 6.53. The van der Waals surface area contributed by atoms with Gasteiger partial charge < -0.3 is 15.2 Å². The molecule has 0 heterocycles. The van der Waals surface area contributed by atoms with E-state index in [0.717, 1.165) is 6.92 Å². The summed E-state index contributed by atoms with van der Waals surface area (Å²) in [7, 11) is 1.46. The van der Waals surface area contributed by atoms with E-state index in [1.807, 2.05) is 0 Å². The Morgan fingerprint density at radius 1 is 1.29 bits per heavy atom. The Kier molecular flexibility index (Phi) is 4.22. The van der Waals surface area contributed by atoms with Gasteiger partial charge in [0.25, 0.3) is 0 Å². The van der Waals surface area contributed by atoms with E-state index < -0.39 is 12.3 Å². The molecule has 96 valence electrons. The van der Waals surface area contributed by atoms with E-state index in [2.05, 4.69) is 0 Å². The number of methoxy groups -OCH3 is 1. The van der Waals surface area contributed by atoms with Crippen molar-refractivity contribution in [3.8, 4) is 5.75 Å². The molecule has 0 aliphatic carbocycles. The Labute approximate surface area is 97.3 Å². The van der Waals surface area contributed by atoms with Gasteiger partial charge in [0.1, 0.15) is 5.75 Å². The summed E-state index contributed by atoms with van der Waals surface area (Å²) >= 11 is 0. The van der Waals surface area contributed by atoms with E-state index in [-0.39, 0.29) is 6.61 Å². The zero-order valence-corrected chi connectivity index (χ0v) is 9.54. The van der Waals surface area contributed by atoms with Gasteiger partial charge in [0.15, 0.2) is 6.10 Å². The minimum Gasteiger partial charge on any atom is -0.497 e. The van der Waals surface area contributed by atoms with Crippen LogP contribution in [0.5, 0.6) is 5.75 Å². The van der Waals surface area contributed by atoms with Gasteiger partial charge in [-0.15, -0.1) is 0 Å². The van der Waals surface area contributed by atoms with E-state index in [9.17, 15) is 13.2 Å². The van der Waals surface area contributed by atoms with Crippen molar-refractivity contribution in [2.45, 2.75) is 25.8 Å². The quantitative estimate of drug-likeness (QED) is 0.834. The zero-order chi connectivity index (χ0) is 13.1. The van der Waals surface area contributed by atoms with Gasteiger partial charge in [0.05, 0.1) is 13.7 Å². The molecule has 0 aliphatic heterocycles. The van der Waals surface area contributed by atoms with Gasteiger partial charge in [-0.25, -0.2) is 0 Å². The Bertz CT molecular complexity index is 379. The number of anilines is 1. The van der Waals surface area contributed by atoms with E-state index in [1.54, 1.807) is 18.2 Å². The van der Waals surface area contributed by atoms with Gasteiger partial charge >= 0.3 is 6.18 Å². The molecular formula is C11H14F3NO2. The first-order valence-electron chi connectivity index (χ1n) is 4.94. The number of alkyl halides is 3. The molecule has 1 atom stereocenters. The fourth-order valence-corrected chi connectivity index (χ4v) is 1.20. The Hall–Kier alpha value is -1.43. The molecule has 0 bridgehead atoms. The summed E-state index contributed by atoms with van der Waals surface area (Å²) in [6, 6.07) is 4.71. The normalized spacial score (nSPS) is 13.5. The van der Waals surface area contributed by atoms with Crippen LogP contribution in [0, 0.1) is 0 Å². The average Bonchev–Trinajstić information content (AvgIpc) is 2.23. The molecule has 0 aliphatic rings. The molecule has 17 heavy (non-hydrogen) atoms. The molecule has 0 saturated heterocycles. The average molecular weight is 249 g/mol. The SMILES string of the molecule is COc1cc(N)cc(COC(C)C(F)(F)F)c1. The Morgan fingerprint density at radius 3 is 2.47 bits per heavy atom. The van der Waals surface area contributed by atoms with Crippen molar-refractivity contribution in [2.75, 3.05) is 12.8 Å². The van der Waals surface area contributed by atoms with Crippen molar-refractivity contribution in [1.29, 1.82) is 0 Å². The van der Waals surface area contributed by atoms with Gasteiger partial charge in [-0.2, -0.15) is 13.2 Å². The number of benzene rings is 1. The number of ether oxygens (including phenoxy) is 2. The molecule has 6 heteroatoms. The predicted octanol–water partition coefficient (Wildman–Crippen LogP) is 2.74. The van der Waals surface area contributed by atoms with Crippen LogP contribution >= 0.6 is 0 Å². The molecule has 2 N–H and O–H groups in total. The van der Waals surface area contributed by atoms with Crippen molar-refractivity contribution in [1.82, 2.24) is 0 Å². The third-order valence-corrected chi connectivity index (χ3v) is 2.19. The second kappa shape index (κ2) is 5.27. The third kappa shape index (κ3) is 4.14. The van der Waals surface area contributed by atoms with Crippen LogP contribution in [0.15, 0.2) is 18.2 Å². The number of halogens is 3. The highest BCUT2D eigenvalue weighted by Gasteiger charge is 2.36. The van der Waals surface area contributed by atoms with Gasteiger partial charge in [0, 0.05) is 11.8 Å².